The highest BCUT2D eigenvalue weighted by Gasteiger charge is 2.31. The number of amides is 2. The van der Waals surface area contributed by atoms with Gasteiger partial charge in [-0.15, -0.1) is 12.4 Å². The largest absolute Gasteiger partial charge is 0.507 e. The van der Waals surface area contributed by atoms with Gasteiger partial charge in [0.15, 0.2) is 12.6 Å². The maximum Gasteiger partial charge on any atom is 0.255 e. The maximum absolute atomic E-state index is 12.6. The van der Waals surface area contributed by atoms with Crippen LogP contribution in [0.1, 0.15) is 90.3 Å². The number of nitrogens with zero attached hydrogens (tertiary/aromatic N) is 5. The maximum atomic E-state index is 12.6. The Kier molecular flexibility index (Phi) is 23.8. The number of likely N-dealkylation sites (tertiary alicyclic amines) is 2. The number of ether oxygens (including phenoxy) is 1. The van der Waals surface area contributed by atoms with E-state index in [4.69, 9.17) is 36.8 Å². The van der Waals surface area contributed by atoms with Crippen molar-refractivity contribution in [2.24, 2.45) is 0 Å². The predicted molar refractivity (Wildman–Crippen MR) is 248 cm³/mol. The molecule has 0 radical (unpaired) electrons. The van der Waals surface area contributed by atoms with Crippen LogP contribution in [0.4, 0.5) is 0 Å². The minimum Gasteiger partial charge on any atom is -0.507 e. The normalized spacial score (nSPS) is 16.7. The number of phenolic OH excluding ortho intramolecular Hbond substituents is 3. The molecule has 3 aromatic heterocycles. The Labute approximate surface area is 393 Å². The molecule has 0 saturated carbocycles. The van der Waals surface area contributed by atoms with Crippen LogP contribution in [0.5, 0.6) is 23.0 Å². The summed E-state index contributed by atoms with van der Waals surface area (Å²) in [6, 6.07) is 19.2. The Balaban J connectivity index is 0.000000236. The van der Waals surface area contributed by atoms with E-state index in [-0.39, 0.29) is 77.9 Å². The van der Waals surface area contributed by atoms with Gasteiger partial charge in [-0.05, 0) is 117 Å². The van der Waals surface area contributed by atoms with Crippen LogP contribution in [-0.2, 0) is 0 Å². The molecule has 0 aliphatic carbocycles. The van der Waals surface area contributed by atoms with Gasteiger partial charge in [-0.2, -0.15) is 0 Å². The molecule has 6 heterocycles. The van der Waals surface area contributed by atoms with Crippen LogP contribution in [-0.4, -0.2) is 137 Å². The predicted octanol–water partition coefficient (Wildman–Crippen LogP) is 5.49. The van der Waals surface area contributed by atoms with Crippen LogP contribution in [0.25, 0.3) is 0 Å². The van der Waals surface area contributed by atoms with E-state index in [9.17, 15) is 29.1 Å². The average molecular weight is 950 g/mol. The van der Waals surface area contributed by atoms with Crippen molar-refractivity contribution in [3.8, 4) is 23.0 Å². The van der Waals surface area contributed by atoms with Crippen LogP contribution < -0.4 is 10.1 Å². The van der Waals surface area contributed by atoms with Gasteiger partial charge in [-0.25, -0.2) is 0 Å². The first-order valence-electron chi connectivity index (χ1n) is 20.9. The summed E-state index contributed by atoms with van der Waals surface area (Å²) < 4.78 is 5.71. The fourth-order valence-corrected chi connectivity index (χ4v) is 7.03. The molecule has 0 bridgehead atoms. The molecule has 66 heavy (non-hydrogen) atoms. The monoisotopic (exact) mass is 948 g/mol. The molecule has 8 rings (SSSR count). The number of aldehydes is 2. The summed E-state index contributed by atoms with van der Waals surface area (Å²) in [6.07, 6.45) is 16.4. The van der Waals surface area contributed by atoms with Crippen molar-refractivity contribution >= 4 is 53.6 Å². The second-order valence-corrected chi connectivity index (χ2v) is 15.0. The molecule has 3 atom stereocenters. The number of halogens is 2. The Morgan fingerprint density at radius 1 is 0.652 bits per heavy atom. The summed E-state index contributed by atoms with van der Waals surface area (Å²) >= 11 is 5.14. The first-order valence-corrected chi connectivity index (χ1v) is 21.2. The van der Waals surface area contributed by atoms with Crippen molar-refractivity contribution in [3.05, 3.63) is 138 Å². The molecular weight excluding hydrogens is 895 g/mol. The molecule has 3 fully saturated rings. The minimum absolute atomic E-state index is 0. The second-order valence-electron chi connectivity index (χ2n) is 14.7. The topological polar surface area (TPSA) is 253 Å². The zero-order valence-electron chi connectivity index (χ0n) is 36.0. The Morgan fingerprint density at radius 2 is 1.18 bits per heavy atom. The Morgan fingerprint density at radius 3 is 1.61 bits per heavy atom. The lowest BCUT2D eigenvalue weighted by Crippen LogP contribution is -2.39. The second kappa shape index (κ2) is 29.1. The van der Waals surface area contributed by atoms with E-state index in [0.29, 0.717) is 54.2 Å². The number of pyridine rings is 3. The fourth-order valence-electron chi connectivity index (χ4n) is 6.90. The molecule has 5 aromatic rings. The number of nitrogens with one attached hydrogen (secondary N) is 1. The number of carbonyl (C=O) groups is 5. The van der Waals surface area contributed by atoms with Crippen molar-refractivity contribution in [1.82, 2.24) is 30.1 Å². The zero-order valence-corrected chi connectivity index (χ0v) is 37.5. The van der Waals surface area contributed by atoms with Crippen molar-refractivity contribution < 1.29 is 54.2 Å². The summed E-state index contributed by atoms with van der Waals surface area (Å²) in [7, 11) is 0. The summed E-state index contributed by atoms with van der Waals surface area (Å²) in [6.45, 7) is 3.12. The van der Waals surface area contributed by atoms with Gasteiger partial charge in [-0.3, -0.25) is 38.9 Å². The van der Waals surface area contributed by atoms with Crippen molar-refractivity contribution in [2.75, 3.05) is 39.5 Å². The molecule has 6 N–H and O–H groups in total. The summed E-state index contributed by atoms with van der Waals surface area (Å²) in [5, 5.41) is 47.8. The van der Waals surface area contributed by atoms with E-state index in [2.05, 4.69) is 20.3 Å². The van der Waals surface area contributed by atoms with Crippen LogP contribution in [0.3, 0.4) is 0 Å². The first kappa shape index (κ1) is 53.8. The highest BCUT2D eigenvalue weighted by molar-refractivity contribution is 6.67. The van der Waals surface area contributed by atoms with E-state index in [0.717, 1.165) is 45.2 Å². The number of aromatic nitrogens is 3. The van der Waals surface area contributed by atoms with E-state index >= 15 is 0 Å². The Bertz CT molecular complexity index is 2240. The summed E-state index contributed by atoms with van der Waals surface area (Å²) in [4.78, 5) is 71.3. The van der Waals surface area contributed by atoms with Crippen LogP contribution in [0.15, 0.2) is 110 Å². The number of hydrogen-bond acceptors (Lipinski definition) is 15. The van der Waals surface area contributed by atoms with Crippen molar-refractivity contribution in [3.63, 3.8) is 0 Å². The summed E-state index contributed by atoms with van der Waals surface area (Å²) in [5.74, 6) is -0.284. The van der Waals surface area contributed by atoms with Gasteiger partial charge in [-0.1, -0.05) is 12.1 Å². The number of rotatable bonds is 10. The molecule has 3 aliphatic rings. The third kappa shape index (κ3) is 16.5. The van der Waals surface area contributed by atoms with Gasteiger partial charge in [0, 0.05) is 61.9 Å². The number of hydrogen-bond donors (Lipinski definition) is 6. The highest BCUT2D eigenvalue weighted by atomic mass is 35.5. The van der Waals surface area contributed by atoms with Gasteiger partial charge in [0.05, 0.1) is 47.6 Å². The third-order valence-corrected chi connectivity index (χ3v) is 10.6. The van der Waals surface area contributed by atoms with E-state index in [1.54, 1.807) is 83.1 Å². The quantitative estimate of drug-likeness (QED) is 0.0749. The number of aliphatic hydroxyl groups is 2. The zero-order chi connectivity index (χ0) is 47.0. The highest BCUT2D eigenvalue weighted by Crippen LogP contribution is 2.28. The number of aliphatic hydroxyl groups excluding tert-OH is 2. The number of phenols is 3. The molecule has 2 aromatic carbocycles. The van der Waals surface area contributed by atoms with Crippen molar-refractivity contribution in [1.29, 1.82) is 0 Å². The lowest BCUT2D eigenvalue weighted by molar-refractivity contribution is 0.0674. The fraction of sp³-hybridized carbons (Fsp3) is 0.319. The van der Waals surface area contributed by atoms with Crippen molar-refractivity contribution in [2.45, 2.75) is 56.7 Å². The minimum atomic E-state index is -0.447. The SMILES string of the molecule is Cl.O=C(Cl)c1ccncc1.O=C(c1cccnc1)N1CCC[C@H]1CO.O=Cc1c(O)cccc1O.O=Cc1c(O)cccc1OC[C@@H]1CCCN1C(=O)c1cccnc1.OC[C@@H]1CCCN1. The van der Waals surface area contributed by atoms with E-state index in [1.807, 2.05) is 0 Å². The van der Waals surface area contributed by atoms with E-state index in [1.165, 1.54) is 43.1 Å². The number of benzene rings is 2. The van der Waals surface area contributed by atoms with E-state index < -0.39 is 5.24 Å². The molecule has 352 valence electrons. The molecule has 3 aliphatic heterocycles. The van der Waals surface area contributed by atoms with Crippen LogP contribution in [0.2, 0.25) is 0 Å². The molecular formula is C47H54Cl2N6O11. The van der Waals surface area contributed by atoms with Crippen LogP contribution in [0, 0.1) is 0 Å². The Hall–Kier alpha value is -6.50. The summed E-state index contributed by atoms with van der Waals surface area (Å²) in [5.41, 5.74) is 1.68. The van der Waals surface area contributed by atoms with Gasteiger partial charge >= 0.3 is 0 Å². The molecule has 3 saturated heterocycles. The first-order chi connectivity index (χ1) is 31.5. The van der Waals surface area contributed by atoms with Gasteiger partial charge in [0.1, 0.15) is 29.6 Å². The molecule has 19 heteroatoms. The molecule has 2 amide bonds. The number of aromatic hydroxyl groups is 3. The standard InChI is InChI=1S/C18H18N2O4.C11H14N2O2.C7H6O3.C6H4ClNO.C5H11NO.ClH/c21-11-15-16(22)6-1-7-17(15)24-12-14-5-3-9-20(14)18(23)13-4-2-8-19-10-13;14-8-10-4-2-6-13(10)11(15)9-3-1-5-12-7-9;8-4-5-6(9)2-1-3-7(5)10;7-6(9)5-1-3-8-4-2-5;7-4-5-2-1-3-6-5;/h1-2,4,6-8,10-11,14,22H,3,5,9,12H2;1,3,5,7,10,14H,2,4,6,8H2;1-4,9-10H;1-4H;5-7H,1-4H2;1H/t14-;10-;;;5-;/m00..0./s1. The lowest BCUT2D eigenvalue weighted by atomic mass is 10.2. The van der Waals surface area contributed by atoms with Crippen LogP contribution >= 0.6 is 24.0 Å². The lowest BCUT2D eigenvalue weighted by Gasteiger charge is -2.25. The molecule has 17 nitrogen and oxygen atoms in total. The third-order valence-electron chi connectivity index (χ3n) is 10.4. The molecule has 0 spiro atoms. The average Bonchev–Trinajstić information content (AvgIpc) is 4.16. The van der Waals surface area contributed by atoms with Gasteiger partial charge in [0.25, 0.3) is 17.1 Å². The van der Waals surface area contributed by atoms with Gasteiger partial charge in [0.2, 0.25) is 0 Å². The number of carbonyl (C=O) groups excluding carboxylic acids is 5. The molecule has 0 unspecified atom stereocenters. The smallest absolute Gasteiger partial charge is 0.255 e. The van der Waals surface area contributed by atoms with Gasteiger partial charge < -0.3 is 45.4 Å².